The van der Waals surface area contributed by atoms with E-state index in [1.165, 1.54) is 12.2 Å². The van der Waals surface area contributed by atoms with Crippen LogP contribution in [0.2, 0.25) is 0 Å². The first-order chi connectivity index (χ1) is 14.3. The van der Waals surface area contributed by atoms with Crippen LogP contribution in [0.4, 0.5) is 0 Å². The summed E-state index contributed by atoms with van der Waals surface area (Å²) in [6.07, 6.45) is 7.24. The Kier molecular flexibility index (Phi) is 8.26. The third-order valence-corrected chi connectivity index (χ3v) is 4.17. The minimum atomic E-state index is -0.356. The molecule has 2 rings (SSSR count). The number of ether oxygens (including phenoxy) is 2. The number of rotatable bonds is 9. The quantitative estimate of drug-likeness (QED) is 0.367. The highest BCUT2D eigenvalue weighted by Gasteiger charge is 2.04. The Labute approximate surface area is 177 Å². The Hall–Kier alpha value is -3.51. The van der Waals surface area contributed by atoms with Crippen molar-refractivity contribution < 1.29 is 24.5 Å². The van der Waals surface area contributed by atoms with Gasteiger partial charge in [0.2, 0.25) is 0 Å². The lowest BCUT2D eigenvalue weighted by Crippen LogP contribution is -2.10. The number of methoxy groups -OCH3 is 2. The fraction of sp³-hybridized carbons (Fsp3) is 0.208. The molecule has 0 heterocycles. The lowest BCUT2D eigenvalue weighted by atomic mass is 10.1. The first kappa shape index (κ1) is 22.8. The number of aromatic hydroxyl groups is 1. The molecule has 0 unspecified atom stereocenters. The van der Waals surface area contributed by atoms with E-state index in [-0.39, 0.29) is 17.3 Å². The highest BCUT2D eigenvalue weighted by molar-refractivity contribution is 6.02. The van der Waals surface area contributed by atoms with E-state index in [0.717, 1.165) is 22.8 Å². The van der Waals surface area contributed by atoms with Crippen LogP contribution in [0.25, 0.3) is 12.2 Å². The molecule has 0 saturated carbocycles. The van der Waals surface area contributed by atoms with Crippen molar-refractivity contribution in [2.45, 2.75) is 6.54 Å². The van der Waals surface area contributed by atoms with Crippen LogP contribution in [0.1, 0.15) is 16.7 Å². The molecular formula is C24H27NO5. The van der Waals surface area contributed by atoms with Crippen molar-refractivity contribution in [3.8, 4) is 17.2 Å². The molecule has 6 heteroatoms. The summed E-state index contributed by atoms with van der Waals surface area (Å²) in [5.74, 6) is 0.865. The van der Waals surface area contributed by atoms with Crippen molar-refractivity contribution in [3.05, 3.63) is 77.1 Å². The number of phenols is 1. The van der Waals surface area contributed by atoms with Gasteiger partial charge in [0.25, 0.3) is 0 Å². The summed E-state index contributed by atoms with van der Waals surface area (Å²) in [7, 11) is 6.93. The zero-order valence-electron chi connectivity index (χ0n) is 17.6. The van der Waals surface area contributed by atoms with Gasteiger partial charge in [0, 0.05) is 18.2 Å². The van der Waals surface area contributed by atoms with Gasteiger partial charge in [0.1, 0.15) is 11.5 Å². The van der Waals surface area contributed by atoms with Crippen LogP contribution >= 0.6 is 0 Å². The number of carbonyl (C=O) groups is 1. The van der Waals surface area contributed by atoms with Crippen molar-refractivity contribution >= 4 is 17.9 Å². The molecule has 0 aromatic heterocycles. The van der Waals surface area contributed by atoms with Gasteiger partial charge in [-0.3, -0.25) is 4.79 Å². The molecule has 30 heavy (non-hydrogen) atoms. The van der Waals surface area contributed by atoms with E-state index in [1.54, 1.807) is 56.7 Å². The fourth-order valence-corrected chi connectivity index (χ4v) is 2.73. The molecule has 0 aliphatic carbocycles. The second-order valence-electron chi connectivity index (χ2n) is 6.88. The second kappa shape index (κ2) is 10.9. The van der Waals surface area contributed by atoms with Gasteiger partial charge in [0.15, 0.2) is 17.3 Å². The number of ketones is 1. The number of nitrogens with zero attached hydrogens (tertiary/aromatic N) is 1. The van der Waals surface area contributed by atoms with E-state index in [9.17, 15) is 15.0 Å². The lowest BCUT2D eigenvalue weighted by Gasteiger charge is -2.11. The third-order valence-electron chi connectivity index (χ3n) is 4.17. The van der Waals surface area contributed by atoms with Crippen LogP contribution in [0, 0.1) is 0 Å². The van der Waals surface area contributed by atoms with Gasteiger partial charge in [-0.05, 0) is 61.6 Å². The van der Waals surface area contributed by atoms with Gasteiger partial charge in [-0.1, -0.05) is 24.3 Å². The number of phenolic OH excluding ortho intramolecular Hbond substituents is 1. The molecule has 0 atom stereocenters. The van der Waals surface area contributed by atoms with Crippen molar-refractivity contribution in [3.63, 3.8) is 0 Å². The topological polar surface area (TPSA) is 79.2 Å². The SMILES string of the molecule is COc1ccc(/C=C/C(=O)C=C(O)/C=C/c2ccc(O)c(CN(C)C)c2)cc1OC. The van der Waals surface area contributed by atoms with E-state index >= 15 is 0 Å². The molecule has 0 radical (unpaired) electrons. The molecule has 2 N–H and O–H groups in total. The highest BCUT2D eigenvalue weighted by Crippen LogP contribution is 2.28. The molecule has 158 valence electrons. The summed E-state index contributed by atoms with van der Waals surface area (Å²) in [6.45, 7) is 0.592. The molecule has 6 nitrogen and oxygen atoms in total. The summed E-state index contributed by atoms with van der Waals surface area (Å²) in [5.41, 5.74) is 2.35. The number of benzene rings is 2. The summed E-state index contributed by atoms with van der Waals surface area (Å²) in [6, 6.07) is 10.5. The monoisotopic (exact) mass is 409 g/mol. The maximum absolute atomic E-state index is 12.1. The van der Waals surface area contributed by atoms with Crippen LogP contribution in [-0.4, -0.2) is 49.2 Å². The average Bonchev–Trinajstić information content (AvgIpc) is 2.72. The molecule has 0 bridgehead atoms. The minimum Gasteiger partial charge on any atom is -0.508 e. The van der Waals surface area contributed by atoms with Crippen molar-refractivity contribution in [1.82, 2.24) is 4.90 Å². The summed E-state index contributed by atoms with van der Waals surface area (Å²) in [5, 5.41) is 19.9. The minimum absolute atomic E-state index is 0.167. The zero-order valence-corrected chi connectivity index (χ0v) is 17.6. The predicted molar refractivity (Wildman–Crippen MR) is 119 cm³/mol. The number of hydrogen-bond acceptors (Lipinski definition) is 6. The smallest absolute Gasteiger partial charge is 0.182 e. The zero-order chi connectivity index (χ0) is 22.1. The van der Waals surface area contributed by atoms with E-state index in [1.807, 2.05) is 25.1 Å². The van der Waals surface area contributed by atoms with Crippen LogP contribution < -0.4 is 9.47 Å². The van der Waals surface area contributed by atoms with Crippen molar-refractivity contribution in [2.24, 2.45) is 0 Å². The second-order valence-corrected chi connectivity index (χ2v) is 6.88. The van der Waals surface area contributed by atoms with E-state index < -0.39 is 0 Å². The van der Waals surface area contributed by atoms with Crippen LogP contribution in [-0.2, 0) is 11.3 Å². The van der Waals surface area contributed by atoms with E-state index in [4.69, 9.17) is 9.47 Å². The van der Waals surface area contributed by atoms with Crippen LogP contribution in [0.15, 0.2) is 60.4 Å². The van der Waals surface area contributed by atoms with Gasteiger partial charge in [-0.25, -0.2) is 0 Å². The molecule has 0 saturated heterocycles. The Morgan fingerprint density at radius 2 is 1.60 bits per heavy atom. The van der Waals surface area contributed by atoms with Gasteiger partial charge in [0.05, 0.1) is 14.2 Å². The molecule has 0 fully saturated rings. The predicted octanol–water partition coefficient (Wildman–Crippen LogP) is 4.21. The molecular weight excluding hydrogens is 382 g/mol. The van der Waals surface area contributed by atoms with Crippen molar-refractivity contribution in [1.29, 1.82) is 0 Å². The summed E-state index contributed by atoms with van der Waals surface area (Å²) < 4.78 is 10.4. The number of aliphatic hydroxyl groups excluding tert-OH is 1. The Balaban J connectivity index is 2.06. The first-order valence-electron chi connectivity index (χ1n) is 9.32. The number of hydrogen-bond donors (Lipinski definition) is 2. The normalized spacial score (nSPS) is 12.1. The average molecular weight is 409 g/mol. The molecule has 0 amide bonds. The number of aliphatic hydroxyl groups is 1. The maximum atomic E-state index is 12.1. The van der Waals surface area contributed by atoms with Gasteiger partial charge < -0.3 is 24.6 Å². The number of allylic oxidation sites excluding steroid dienone is 3. The molecule has 0 aliphatic rings. The maximum Gasteiger partial charge on any atom is 0.182 e. The Morgan fingerprint density at radius 1 is 0.967 bits per heavy atom. The first-order valence-corrected chi connectivity index (χ1v) is 9.32. The van der Waals surface area contributed by atoms with E-state index in [0.29, 0.717) is 18.0 Å². The largest absolute Gasteiger partial charge is 0.508 e. The van der Waals surface area contributed by atoms with Crippen LogP contribution in [0.5, 0.6) is 17.2 Å². The van der Waals surface area contributed by atoms with Gasteiger partial charge >= 0.3 is 0 Å². The third kappa shape index (κ3) is 6.83. The molecule has 0 spiro atoms. The Morgan fingerprint density at radius 3 is 2.27 bits per heavy atom. The van der Waals surface area contributed by atoms with Gasteiger partial charge in [-0.2, -0.15) is 0 Å². The van der Waals surface area contributed by atoms with Crippen LogP contribution in [0.3, 0.4) is 0 Å². The number of carbonyl (C=O) groups excluding carboxylic acids is 1. The summed E-state index contributed by atoms with van der Waals surface area (Å²) >= 11 is 0. The van der Waals surface area contributed by atoms with Crippen molar-refractivity contribution in [2.75, 3.05) is 28.3 Å². The molecule has 2 aromatic rings. The highest BCUT2D eigenvalue weighted by atomic mass is 16.5. The fourth-order valence-electron chi connectivity index (χ4n) is 2.73. The lowest BCUT2D eigenvalue weighted by molar-refractivity contribution is -0.110. The molecule has 2 aromatic carbocycles. The van der Waals surface area contributed by atoms with E-state index in [2.05, 4.69) is 0 Å². The standard InChI is InChI=1S/C24H27NO5/c1-25(2)16-19-13-17(7-11-22(19)28)5-9-20(26)15-21(27)10-6-18-8-12-23(29-3)24(14-18)30-4/h5-15,26,28H,16H2,1-4H3/b9-5+,10-6+,20-15?. The molecule has 0 aliphatic heterocycles. The van der Waals surface area contributed by atoms with Gasteiger partial charge in [-0.15, -0.1) is 0 Å². The summed E-state index contributed by atoms with van der Waals surface area (Å²) in [4.78, 5) is 14.0. The Bertz CT molecular complexity index is 974.